The molecule has 24 heavy (non-hydrogen) atoms. The first-order valence-electron chi connectivity index (χ1n) is 8.28. The molecule has 0 radical (unpaired) electrons. The molecule has 2 aromatic carbocycles. The largest absolute Gasteiger partial charge is 0.497 e. The number of hydrogen-bond donors (Lipinski definition) is 2. The van der Waals surface area contributed by atoms with Gasteiger partial charge >= 0.3 is 0 Å². The van der Waals surface area contributed by atoms with Crippen molar-refractivity contribution in [3.63, 3.8) is 0 Å². The number of hydrogen-bond acceptors (Lipinski definition) is 2. The van der Waals surface area contributed by atoms with Crippen LogP contribution in [0.4, 0.5) is 0 Å². The van der Waals surface area contributed by atoms with Crippen molar-refractivity contribution in [2.75, 3.05) is 14.2 Å². The first-order chi connectivity index (χ1) is 11.5. The molecule has 2 aromatic rings. The van der Waals surface area contributed by atoms with Crippen LogP contribution in [0.5, 0.6) is 5.75 Å². The zero-order valence-electron chi connectivity index (χ0n) is 14.9. The summed E-state index contributed by atoms with van der Waals surface area (Å²) in [6.07, 6.45) is 0. The SMILES string of the molecule is COc1ccc(CNC(=O)[C@H](C)[NH+](C)Cc2ccccc2C)cc1. The Kier molecular flexibility index (Phi) is 6.38. The Morgan fingerprint density at radius 3 is 2.46 bits per heavy atom. The number of carbonyl (C=O) groups excluding carboxylic acids is 1. The van der Waals surface area contributed by atoms with Crippen molar-refractivity contribution in [1.82, 2.24) is 5.32 Å². The summed E-state index contributed by atoms with van der Waals surface area (Å²) < 4.78 is 5.14. The lowest BCUT2D eigenvalue weighted by Gasteiger charge is -2.22. The van der Waals surface area contributed by atoms with Gasteiger partial charge in [0.1, 0.15) is 12.3 Å². The van der Waals surface area contributed by atoms with Gasteiger partial charge in [-0.3, -0.25) is 4.79 Å². The fraction of sp³-hybridized carbons (Fsp3) is 0.350. The highest BCUT2D eigenvalue weighted by molar-refractivity contribution is 5.79. The third-order valence-corrected chi connectivity index (χ3v) is 4.49. The molecule has 0 aliphatic rings. The van der Waals surface area contributed by atoms with E-state index in [1.807, 2.05) is 43.3 Å². The lowest BCUT2D eigenvalue weighted by molar-refractivity contribution is -0.908. The molecule has 2 atom stereocenters. The van der Waals surface area contributed by atoms with Crippen LogP contribution in [0, 0.1) is 6.92 Å². The summed E-state index contributed by atoms with van der Waals surface area (Å²) in [5.74, 6) is 0.887. The van der Waals surface area contributed by atoms with Crippen LogP contribution in [0.2, 0.25) is 0 Å². The summed E-state index contributed by atoms with van der Waals surface area (Å²) in [4.78, 5) is 13.6. The molecule has 0 fully saturated rings. The van der Waals surface area contributed by atoms with Crippen LogP contribution in [0.1, 0.15) is 23.6 Å². The van der Waals surface area contributed by atoms with Crippen molar-refractivity contribution in [1.29, 1.82) is 0 Å². The third kappa shape index (κ3) is 4.83. The van der Waals surface area contributed by atoms with Crippen LogP contribution < -0.4 is 15.0 Å². The summed E-state index contributed by atoms with van der Waals surface area (Å²) in [6, 6.07) is 16.0. The lowest BCUT2D eigenvalue weighted by atomic mass is 10.1. The van der Waals surface area contributed by atoms with Crippen LogP contribution in [-0.4, -0.2) is 26.1 Å². The zero-order chi connectivity index (χ0) is 17.5. The highest BCUT2D eigenvalue weighted by atomic mass is 16.5. The van der Waals surface area contributed by atoms with Crippen LogP contribution in [0.25, 0.3) is 0 Å². The zero-order valence-corrected chi connectivity index (χ0v) is 14.9. The summed E-state index contributed by atoms with van der Waals surface area (Å²) >= 11 is 0. The second-order valence-electron chi connectivity index (χ2n) is 6.24. The average Bonchev–Trinajstić information content (AvgIpc) is 2.61. The minimum atomic E-state index is -0.108. The molecule has 0 aromatic heterocycles. The van der Waals surface area contributed by atoms with Gasteiger partial charge in [0.05, 0.1) is 14.2 Å². The Balaban J connectivity index is 1.87. The van der Waals surface area contributed by atoms with Gasteiger partial charge in [-0.15, -0.1) is 0 Å². The topological polar surface area (TPSA) is 42.8 Å². The molecule has 4 nitrogen and oxygen atoms in total. The second-order valence-corrected chi connectivity index (χ2v) is 6.24. The minimum Gasteiger partial charge on any atom is -0.497 e. The molecular formula is C20H27N2O2+. The smallest absolute Gasteiger partial charge is 0.278 e. The maximum atomic E-state index is 12.4. The number of nitrogens with one attached hydrogen (secondary N) is 2. The van der Waals surface area contributed by atoms with Crippen LogP contribution >= 0.6 is 0 Å². The third-order valence-electron chi connectivity index (χ3n) is 4.49. The Morgan fingerprint density at radius 2 is 1.83 bits per heavy atom. The molecule has 1 unspecified atom stereocenters. The summed E-state index contributed by atoms with van der Waals surface area (Å²) in [6.45, 7) is 5.45. The van der Waals surface area contributed by atoms with Gasteiger partial charge in [0.25, 0.3) is 5.91 Å². The van der Waals surface area contributed by atoms with E-state index in [0.29, 0.717) is 6.54 Å². The van der Waals surface area contributed by atoms with E-state index in [0.717, 1.165) is 17.9 Å². The van der Waals surface area contributed by atoms with E-state index in [-0.39, 0.29) is 11.9 Å². The second kappa shape index (κ2) is 8.50. The number of ether oxygens (including phenoxy) is 1. The van der Waals surface area contributed by atoms with Gasteiger partial charge in [-0.25, -0.2) is 0 Å². The molecule has 4 heteroatoms. The fourth-order valence-electron chi connectivity index (χ4n) is 2.57. The Morgan fingerprint density at radius 1 is 1.17 bits per heavy atom. The molecule has 0 spiro atoms. The molecule has 0 saturated heterocycles. The van der Waals surface area contributed by atoms with E-state index in [2.05, 4.69) is 31.4 Å². The average molecular weight is 327 g/mol. The normalized spacial score (nSPS) is 13.2. The van der Waals surface area contributed by atoms with Crippen molar-refractivity contribution in [2.24, 2.45) is 0 Å². The number of carbonyl (C=O) groups is 1. The molecule has 0 aliphatic carbocycles. The standard InChI is InChI=1S/C20H26N2O2/c1-15-7-5-6-8-18(15)14-22(3)16(2)20(23)21-13-17-9-11-19(24-4)12-10-17/h5-12,16H,13-14H2,1-4H3,(H,21,23)/p+1/t16-/m0/s1. The van der Waals surface area contributed by atoms with Crippen LogP contribution in [0.3, 0.4) is 0 Å². The summed E-state index contributed by atoms with van der Waals surface area (Å²) in [5, 5.41) is 3.02. The maximum absolute atomic E-state index is 12.4. The monoisotopic (exact) mass is 327 g/mol. The number of likely N-dealkylation sites (N-methyl/N-ethyl adjacent to an activating group) is 1. The molecule has 0 bridgehead atoms. The van der Waals surface area contributed by atoms with E-state index in [4.69, 9.17) is 4.74 Å². The van der Waals surface area contributed by atoms with Gasteiger partial charge in [0.2, 0.25) is 0 Å². The number of benzene rings is 2. The quantitative estimate of drug-likeness (QED) is 0.813. The fourth-order valence-corrected chi connectivity index (χ4v) is 2.57. The van der Waals surface area contributed by atoms with Crippen molar-refractivity contribution in [2.45, 2.75) is 33.0 Å². The first-order valence-corrected chi connectivity index (χ1v) is 8.28. The van der Waals surface area contributed by atoms with Gasteiger partial charge in [-0.2, -0.15) is 0 Å². The minimum absolute atomic E-state index is 0.0666. The Bertz CT molecular complexity index is 668. The van der Waals surface area contributed by atoms with Gasteiger partial charge in [0.15, 0.2) is 6.04 Å². The maximum Gasteiger partial charge on any atom is 0.278 e. The van der Waals surface area contributed by atoms with Crippen molar-refractivity contribution in [3.8, 4) is 5.75 Å². The Hall–Kier alpha value is -2.33. The van der Waals surface area contributed by atoms with Gasteiger partial charge < -0.3 is 15.0 Å². The van der Waals surface area contributed by atoms with E-state index in [1.54, 1.807) is 7.11 Å². The molecule has 0 heterocycles. The number of aryl methyl sites for hydroxylation is 1. The van der Waals surface area contributed by atoms with E-state index >= 15 is 0 Å². The molecule has 2 N–H and O–H groups in total. The molecule has 1 amide bonds. The Labute approximate surface area is 144 Å². The molecular weight excluding hydrogens is 300 g/mol. The van der Waals surface area contributed by atoms with Crippen molar-refractivity contribution < 1.29 is 14.4 Å². The van der Waals surface area contributed by atoms with E-state index < -0.39 is 0 Å². The molecule has 0 saturated carbocycles. The predicted molar refractivity (Wildman–Crippen MR) is 96.1 cm³/mol. The van der Waals surface area contributed by atoms with E-state index in [1.165, 1.54) is 16.0 Å². The van der Waals surface area contributed by atoms with E-state index in [9.17, 15) is 4.79 Å². The first kappa shape index (κ1) is 18.0. The van der Waals surface area contributed by atoms with Gasteiger partial charge in [-0.1, -0.05) is 36.4 Å². The van der Waals surface area contributed by atoms with Gasteiger partial charge in [0, 0.05) is 12.1 Å². The van der Waals surface area contributed by atoms with Crippen LogP contribution in [-0.2, 0) is 17.9 Å². The number of methoxy groups -OCH3 is 1. The lowest BCUT2D eigenvalue weighted by Crippen LogP contribution is -3.12. The predicted octanol–water partition coefficient (Wildman–Crippen LogP) is 1.72. The van der Waals surface area contributed by atoms with Gasteiger partial charge in [-0.05, 0) is 37.1 Å². The molecule has 128 valence electrons. The summed E-state index contributed by atoms with van der Waals surface area (Å²) in [7, 11) is 3.70. The number of amides is 1. The van der Waals surface area contributed by atoms with Crippen molar-refractivity contribution >= 4 is 5.91 Å². The molecule has 2 rings (SSSR count). The number of rotatable bonds is 7. The molecule has 0 aliphatic heterocycles. The number of quaternary nitrogens is 1. The highest BCUT2D eigenvalue weighted by Gasteiger charge is 2.22. The summed E-state index contributed by atoms with van der Waals surface area (Å²) in [5.41, 5.74) is 3.61. The highest BCUT2D eigenvalue weighted by Crippen LogP contribution is 2.11. The van der Waals surface area contributed by atoms with Crippen LogP contribution in [0.15, 0.2) is 48.5 Å². The van der Waals surface area contributed by atoms with Crippen molar-refractivity contribution in [3.05, 3.63) is 65.2 Å².